The van der Waals surface area contributed by atoms with Crippen LogP contribution in [0.5, 0.6) is 0 Å². The summed E-state index contributed by atoms with van der Waals surface area (Å²) in [4.78, 5) is 34.7. The van der Waals surface area contributed by atoms with E-state index in [1.165, 1.54) is 0 Å². The van der Waals surface area contributed by atoms with Crippen LogP contribution in [-0.4, -0.2) is 71.0 Å². The Morgan fingerprint density at radius 1 is 1.00 bits per heavy atom. The number of benzene rings is 2. The van der Waals surface area contributed by atoms with Crippen molar-refractivity contribution in [3.63, 3.8) is 0 Å². The summed E-state index contributed by atoms with van der Waals surface area (Å²) in [5.74, 6) is -1.57. The molecule has 2 heterocycles. The number of aliphatic hydroxyl groups is 1. The SMILES string of the molecule is Cc1c(Cl)cccc1-c1cc(CCC(=O)N2CCN(CCO)CC2)cc(C(C(N)=O)c2c(Cl)cccc2Cl)n1. The summed E-state index contributed by atoms with van der Waals surface area (Å²) < 4.78 is 0. The zero-order chi connectivity index (χ0) is 28.1. The number of hydrogen-bond donors (Lipinski definition) is 2. The van der Waals surface area contributed by atoms with Crippen LogP contribution in [0.2, 0.25) is 15.1 Å². The molecule has 4 rings (SSSR count). The topological polar surface area (TPSA) is 99.8 Å². The van der Waals surface area contributed by atoms with Crippen LogP contribution in [0.4, 0.5) is 0 Å². The van der Waals surface area contributed by atoms with E-state index in [1.54, 1.807) is 30.3 Å². The first-order chi connectivity index (χ1) is 18.7. The van der Waals surface area contributed by atoms with Crippen LogP contribution in [0.15, 0.2) is 48.5 Å². The molecule has 0 saturated carbocycles. The molecule has 0 spiro atoms. The Labute approximate surface area is 243 Å². The van der Waals surface area contributed by atoms with Crippen molar-refractivity contribution in [2.24, 2.45) is 5.73 Å². The Bertz CT molecular complexity index is 1340. The molecule has 3 aromatic rings. The maximum atomic E-state index is 13.0. The Morgan fingerprint density at radius 2 is 1.64 bits per heavy atom. The van der Waals surface area contributed by atoms with Crippen molar-refractivity contribution < 1.29 is 14.7 Å². The molecule has 2 aromatic carbocycles. The first-order valence-electron chi connectivity index (χ1n) is 12.8. The van der Waals surface area contributed by atoms with Crippen LogP contribution in [-0.2, 0) is 16.0 Å². The third-order valence-corrected chi connectivity index (χ3v) is 8.15. The van der Waals surface area contributed by atoms with Gasteiger partial charge in [0.05, 0.1) is 18.0 Å². The second-order valence-corrected chi connectivity index (χ2v) is 10.8. The highest BCUT2D eigenvalue weighted by Crippen LogP contribution is 2.37. The fraction of sp³-hybridized carbons (Fsp3) is 0.345. The minimum atomic E-state index is -0.986. The van der Waals surface area contributed by atoms with Gasteiger partial charge in [-0.15, -0.1) is 0 Å². The summed E-state index contributed by atoms with van der Waals surface area (Å²) in [6, 6.07) is 14.3. The molecule has 10 heteroatoms. The number of carbonyl (C=O) groups excluding carboxylic acids is 2. The lowest BCUT2D eigenvalue weighted by Crippen LogP contribution is -2.49. The van der Waals surface area contributed by atoms with Gasteiger partial charge in [-0.2, -0.15) is 0 Å². The summed E-state index contributed by atoms with van der Waals surface area (Å²) in [6.45, 7) is 5.36. The standard InChI is InChI=1S/C29H31Cl3N4O3/c1-18-20(4-2-5-21(18)30)24-16-19(8-9-26(38)36-12-10-35(11-13-36)14-15-37)17-25(34-24)28(29(33)39)27-22(31)6-3-7-23(27)32/h2-7,16-17,28,37H,8-15H2,1H3,(H2,33,39). The maximum absolute atomic E-state index is 13.0. The van der Waals surface area contributed by atoms with Gasteiger partial charge in [0, 0.05) is 65.3 Å². The van der Waals surface area contributed by atoms with Crippen LogP contribution < -0.4 is 5.73 Å². The van der Waals surface area contributed by atoms with E-state index < -0.39 is 11.8 Å². The fourth-order valence-electron chi connectivity index (χ4n) is 4.92. The van der Waals surface area contributed by atoms with Gasteiger partial charge in [0.2, 0.25) is 11.8 Å². The molecule has 1 aliphatic rings. The molecular weight excluding hydrogens is 559 g/mol. The normalized spacial score (nSPS) is 14.8. The van der Waals surface area contributed by atoms with Gasteiger partial charge in [-0.3, -0.25) is 19.5 Å². The molecule has 1 fully saturated rings. The van der Waals surface area contributed by atoms with Crippen molar-refractivity contribution in [3.05, 3.63) is 86.0 Å². The van der Waals surface area contributed by atoms with Gasteiger partial charge in [-0.1, -0.05) is 53.0 Å². The minimum Gasteiger partial charge on any atom is -0.395 e. The third-order valence-electron chi connectivity index (χ3n) is 7.09. The van der Waals surface area contributed by atoms with Crippen LogP contribution in [0.25, 0.3) is 11.3 Å². The molecule has 1 atom stereocenters. The number of pyridine rings is 1. The first kappa shape index (κ1) is 29.3. The number of halogens is 3. The summed E-state index contributed by atoms with van der Waals surface area (Å²) in [7, 11) is 0. The van der Waals surface area contributed by atoms with Gasteiger partial charge in [-0.05, 0) is 54.8 Å². The quantitative estimate of drug-likeness (QED) is 0.377. The van der Waals surface area contributed by atoms with Gasteiger partial charge in [0.1, 0.15) is 5.92 Å². The van der Waals surface area contributed by atoms with Gasteiger partial charge >= 0.3 is 0 Å². The molecule has 1 aromatic heterocycles. The third kappa shape index (κ3) is 6.91. The van der Waals surface area contributed by atoms with E-state index in [0.717, 1.165) is 29.8 Å². The van der Waals surface area contributed by atoms with Gasteiger partial charge in [0.25, 0.3) is 0 Å². The second-order valence-electron chi connectivity index (χ2n) is 9.61. The highest BCUT2D eigenvalue weighted by molar-refractivity contribution is 6.36. The molecule has 0 radical (unpaired) electrons. The number of primary amides is 1. The lowest BCUT2D eigenvalue weighted by Gasteiger charge is -2.34. The maximum Gasteiger partial charge on any atom is 0.231 e. The number of amides is 2. The first-order valence-corrected chi connectivity index (χ1v) is 13.9. The number of hydrogen-bond acceptors (Lipinski definition) is 5. The number of aryl methyl sites for hydroxylation is 1. The molecular formula is C29H31Cl3N4O3. The zero-order valence-electron chi connectivity index (χ0n) is 21.7. The highest BCUT2D eigenvalue weighted by Gasteiger charge is 2.28. The number of rotatable bonds is 9. The molecule has 1 aliphatic heterocycles. The average molecular weight is 590 g/mol. The molecule has 206 valence electrons. The molecule has 1 saturated heterocycles. The number of aliphatic hydroxyl groups excluding tert-OH is 1. The Balaban J connectivity index is 1.68. The smallest absolute Gasteiger partial charge is 0.231 e. The second kappa shape index (κ2) is 13.1. The molecule has 2 amide bonds. The molecule has 7 nitrogen and oxygen atoms in total. The van der Waals surface area contributed by atoms with Crippen molar-refractivity contribution in [1.29, 1.82) is 0 Å². The Hall–Kier alpha value is -2.68. The molecule has 0 bridgehead atoms. The van der Waals surface area contributed by atoms with Crippen molar-refractivity contribution in [2.45, 2.75) is 25.7 Å². The number of aromatic nitrogens is 1. The monoisotopic (exact) mass is 588 g/mol. The van der Waals surface area contributed by atoms with E-state index in [1.807, 2.05) is 30.0 Å². The van der Waals surface area contributed by atoms with Crippen molar-refractivity contribution in [2.75, 3.05) is 39.3 Å². The molecule has 3 N–H and O–H groups in total. The number of piperazine rings is 1. The van der Waals surface area contributed by atoms with Crippen LogP contribution >= 0.6 is 34.8 Å². The predicted molar refractivity (Wildman–Crippen MR) is 155 cm³/mol. The van der Waals surface area contributed by atoms with E-state index in [4.69, 9.17) is 50.6 Å². The van der Waals surface area contributed by atoms with E-state index in [2.05, 4.69) is 4.90 Å². The summed E-state index contributed by atoms with van der Waals surface area (Å²) in [5, 5.41) is 10.4. The average Bonchev–Trinajstić information content (AvgIpc) is 2.91. The number of carbonyl (C=O) groups is 2. The lowest BCUT2D eigenvalue weighted by molar-refractivity contribution is -0.133. The minimum absolute atomic E-state index is 0.0538. The zero-order valence-corrected chi connectivity index (χ0v) is 23.9. The van der Waals surface area contributed by atoms with Gasteiger partial charge in [-0.25, -0.2) is 0 Å². The van der Waals surface area contributed by atoms with E-state index >= 15 is 0 Å². The molecule has 1 unspecified atom stereocenters. The highest BCUT2D eigenvalue weighted by atomic mass is 35.5. The van der Waals surface area contributed by atoms with E-state index in [9.17, 15) is 9.59 Å². The van der Waals surface area contributed by atoms with Crippen molar-refractivity contribution >= 4 is 46.6 Å². The number of nitrogens with two attached hydrogens (primary N) is 1. The van der Waals surface area contributed by atoms with E-state index in [0.29, 0.717) is 64.5 Å². The van der Waals surface area contributed by atoms with Crippen LogP contribution in [0.3, 0.4) is 0 Å². The van der Waals surface area contributed by atoms with Gasteiger partial charge < -0.3 is 15.7 Å². The lowest BCUT2D eigenvalue weighted by atomic mass is 9.91. The molecule has 39 heavy (non-hydrogen) atoms. The fourth-order valence-corrected chi connectivity index (χ4v) is 5.71. The summed E-state index contributed by atoms with van der Waals surface area (Å²) in [6.07, 6.45) is 0.741. The predicted octanol–water partition coefficient (Wildman–Crippen LogP) is 4.70. The van der Waals surface area contributed by atoms with Crippen LogP contribution in [0.1, 0.15) is 34.7 Å². The largest absolute Gasteiger partial charge is 0.395 e. The van der Waals surface area contributed by atoms with E-state index in [-0.39, 0.29) is 12.5 Å². The van der Waals surface area contributed by atoms with Crippen molar-refractivity contribution in [1.82, 2.24) is 14.8 Å². The summed E-state index contributed by atoms with van der Waals surface area (Å²) >= 11 is 19.4. The molecule has 0 aliphatic carbocycles. The number of nitrogens with zero attached hydrogens (tertiary/aromatic N) is 3. The number of β-amino-alcohol motifs (C(OH)–C–C–N with tert-alkyl or cyclic N) is 1. The van der Waals surface area contributed by atoms with Crippen molar-refractivity contribution in [3.8, 4) is 11.3 Å². The van der Waals surface area contributed by atoms with Crippen LogP contribution in [0, 0.1) is 6.92 Å². The Morgan fingerprint density at radius 3 is 2.28 bits per heavy atom. The van der Waals surface area contributed by atoms with Gasteiger partial charge in [0.15, 0.2) is 0 Å². The summed E-state index contributed by atoms with van der Waals surface area (Å²) in [5.41, 5.74) is 9.77. The Kier molecular flexibility index (Phi) is 9.86.